The predicted molar refractivity (Wildman–Crippen MR) is 76.2 cm³/mol. The minimum atomic E-state index is -0.369. The Hall–Kier alpha value is -2.36. The molecule has 0 saturated heterocycles. The Kier molecular flexibility index (Phi) is 4.35. The number of hydrogen-bond donors (Lipinski definition) is 1. The molecule has 0 radical (unpaired) electrons. The van der Waals surface area contributed by atoms with Crippen LogP contribution in [0.5, 0.6) is 5.75 Å². The van der Waals surface area contributed by atoms with E-state index in [1.807, 2.05) is 6.92 Å². The van der Waals surface area contributed by atoms with Crippen LogP contribution in [0.25, 0.3) is 0 Å². The molecule has 0 heterocycles. The zero-order valence-corrected chi connectivity index (χ0v) is 11.2. The number of phenolic OH excluding ortho intramolecular Hbond substituents is 1. The third-order valence-electron chi connectivity index (χ3n) is 3.00. The van der Waals surface area contributed by atoms with E-state index >= 15 is 0 Å². The van der Waals surface area contributed by atoms with E-state index in [1.54, 1.807) is 36.4 Å². The van der Waals surface area contributed by atoms with Gasteiger partial charge in [-0.3, -0.25) is 4.79 Å². The standard InChI is InChI=1S/C16H16FNO2/c1-2-18(14-7-4-6-13(17)11-14)16(20)10-12-5-3-8-15(19)9-12/h3-9,11,19H,2,10H2,1H3. The number of benzene rings is 2. The topological polar surface area (TPSA) is 40.5 Å². The summed E-state index contributed by atoms with van der Waals surface area (Å²) in [5, 5.41) is 9.40. The molecular weight excluding hydrogens is 257 g/mol. The molecule has 0 atom stereocenters. The molecule has 0 aliphatic heterocycles. The molecular formula is C16H16FNO2. The monoisotopic (exact) mass is 273 g/mol. The van der Waals surface area contributed by atoms with Crippen molar-refractivity contribution in [1.82, 2.24) is 0 Å². The molecule has 2 rings (SSSR count). The molecule has 20 heavy (non-hydrogen) atoms. The minimum absolute atomic E-state index is 0.129. The van der Waals surface area contributed by atoms with Gasteiger partial charge in [-0.15, -0.1) is 0 Å². The van der Waals surface area contributed by atoms with E-state index in [9.17, 15) is 14.3 Å². The second kappa shape index (κ2) is 6.19. The first kappa shape index (κ1) is 14.1. The van der Waals surface area contributed by atoms with Crippen LogP contribution in [-0.4, -0.2) is 17.6 Å². The summed E-state index contributed by atoms with van der Waals surface area (Å²) < 4.78 is 13.2. The van der Waals surface area contributed by atoms with Crippen molar-refractivity contribution in [2.75, 3.05) is 11.4 Å². The molecule has 1 amide bonds. The molecule has 0 spiro atoms. The van der Waals surface area contributed by atoms with Crippen molar-refractivity contribution < 1.29 is 14.3 Å². The summed E-state index contributed by atoms with van der Waals surface area (Å²) in [5.74, 6) is -0.376. The summed E-state index contributed by atoms with van der Waals surface area (Å²) in [6, 6.07) is 12.5. The average molecular weight is 273 g/mol. The Morgan fingerprint density at radius 3 is 2.60 bits per heavy atom. The number of likely N-dealkylation sites (N-methyl/N-ethyl adjacent to an activating group) is 1. The highest BCUT2D eigenvalue weighted by Gasteiger charge is 2.15. The number of hydrogen-bond acceptors (Lipinski definition) is 2. The highest BCUT2D eigenvalue weighted by Crippen LogP contribution is 2.18. The zero-order valence-electron chi connectivity index (χ0n) is 11.2. The molecule has 2 aromatic carbocycles. The number of nitrogens with zero attached hydrogens (tertiary/aromatic N) is 1. The van der Waals surface area contributed by atoms with Gasteiger partial charge in [0.25, 0.3) is 0 Å². The van der Waals surface area contributed by atoms with Crippen molar-refractivity contribution >= 4 is 11.6 Å². The van der Waals surface area contributed by atoms with Crippen molar-refractivity contribution in [3.8, 4) is 5.75 Å². The van der Waals surface area contributed by atoms with Crippen molar-refractivity contribution in [3.63, 3.8) is 0 Å². The largest absolute Gasteiger partial charge is 0.508 e. The van der Waals surface area contributed by atoms with E-state index in [-0.39, 0.29) is 23.9 Å². The summed E-state index contributed by atoms with van der Waals surface area (Å²) in [5.41, 5.74) is 1.27. The normalized spacial score (nSPS) is 10.3. The van der Waals surface area contributed by atoms with Gasteiger partial charge in [-0.1, -0.05) is 18.2 Å². The quantitative estimate of drug-likeness (QED) is 0.929. The van der Waals surface area contributed by atoms with Crippen LogP contribution in [0.3, 0.4) is 0 Å². The molecule has 0 aliphatic carbocycles. The van der Waals surface area contributed by atoms with Gasteiger partial charge in [0.1, 0.15) is 11.6 Å². The predicted octanol–water partition coefficient (Wildman–Crippen LogP) is 3.13. The van der Waals surface area contributed by atoms with Crippen molar-refractivity contribution in [1.29, 1.82) is 0 Å². The second-order valence-electron chi connectivity index (χ2n) is 4.46. The Morgan fingerprint density at radius 1 is 1.20 bits per heavy atom. The lowest BCUT2D eigenvalue weighted by molar-refractivity contribution is -0.117. The highest BCUT2D eigenvalue weighted by atomic mass is 19.1. The lowest BCUT2D eigenvalue weighted by atomic mass is 10.1. The molecule has 0 saturated carbocycles. The molecule has 0 fully saturated rings. The van der Waals surface area contributed by atoms with Gasteiger partial charge in [-0.05, 0) is 42.8 Å². The summed E-state index contributed by atoms with van der Waals surface area (Å²) in [6.07, 6.45) is 0.165. The highest BCUT2D eigenvalue weighted by molar-refractivity contribution is 5.94. The van der Waals surface area contributed by atoms with Gasteiger partial charge in [0.05, 0.1) is 6.42 Å². The van der Waals surface area contributed by atoms with Gasteiger partial charge in [0.15, 0.2) is 0 Å². The summed E-state index contributed by atoms with van der Waals surface area (Å²) in [4.78, 5) is 13.8. The Morgan fingerprint density at radius 2 is 1.95 bits per heavy atom. The third-order valence-corrected chi connectivity index (χ3v) is 3.00. The second-order valence-corrected chi connectivity index (χ2v) is 4.46. The van der Waals surface area contributed by atoms with Crippen LogP contribution in [0.1, 0.15) is 12.5 Å². The number of anilines is 1. The van der Waals surface area contributed by atoms with Crippen LogP contribution < -0.4 is 4.90 Å². The smallest absolute Gasteiger partial charge is 0.231 e. The van der Waals surface area contributed by atoms with E-state index in [0.717, 1.165) is 5.56 Å². The number of rotatable bonds is 4. The van der Waals surface area contributed by atoms with E-state index in [4.69, 9.17) is 0 Å². The fourth-order valence-electron chi connectivity index (χ4n) is 2.08. The summed E-state index contributed by atoms with van der Waals surface area (Å²) in [6.45, 7) is 2.30. The maximum Gasteiger partial charge on any atom is 0.231 e. The van der Waals surface area contributed by atoms with Crippen LogP contribution in [0.2, 0.25) is 0 Å². The number of phenols is 1. The van der Waals surface area contributed by atoms with Gasteiger partial charge >= 0.3 is 0 Å². The summed E-state index contributed by atoms with van der Waals surface area (Å²) >= 11 is 0. The Balaban J connectivity index is 2.17. The fraction of sp³-hybridized carbons (Fsp3) is 0.188. The Bertz CT molecular complexity index is 613. The fourth-order valence-corrected chi connectivity index (χ4v) is 2.08. The van der Waals surface area contributed by atoms with E-state index in [0.29, 0.717) is 12.2 Å². The molecule has 1 N–H and O–H groups in total. The van der Waals surface area contributed by atoms with Crippen LogP contribution >= 0.6 is 0 Å². The average Bonchev–Trinajstić information content (AvgIpc) is 2.39. The number of aromatic hydroxyl groups is 1. The SMILES string of the molecule is CCN(C(=O)Cc1cccc(O)c1)c1cccc(F)c1. The minimum Gasteiger partial charge on any atom is -0.508 e. The van der Waals surface area contributed by atoms with Crippen LogP contribution in [-0.2, 0) is 11.2 Å². The van der Waals surface area contributed by atoms with Crippen LogP contribution in [0.4, 0.5) is 10.1 Å². The van der Waals surface area contributed by atoms with Gasteiger partial charge in [0.2, 0.25) is 5.91 Å². The Labute approximate surface area is 117 Å². The third kappa shape index (κ3) is 3.35. The number of halogens is 1. The van der Waals surface area contributed by atoms with Crippen molar-refractivity contribution in [2.24, 2.45) is 0 Å². The number of carbonyl (C=O) groups excluding carboxylic acids is 1. The maximum atomic E-state index is 13.2. The zero-order chi connectivity index (χ0) is 14.5. The lowest BCUT2D eigenvalue weighted by Crippen LogP contribution is -2.32. The van der Waals surface area contributed by atoms with Crippen molar-refractivity contribution in [3.05, 3.63) is 59.9 Å². The first-order valence-corrected chi connectivity index (χ1v) is 6.44. The number of carbonyl (C=O) groups is 1. The molecule has 0 unspecified atom stereocenters. The first-order valence-electron chi connectivity index (χ1n) is 6.44. The molecule has 0 bridgehead atoms. The van der Waals surface area contributed by atoms with Gasteiger partial charge in [0, 0.05) is 12.2 Å². The van der Waals surface area contributed by atoms with Crippen LogP contribution in [0.15, 0.2) is 48.5 Å². The first-order chi connectivity index (χ1) is 9.60. The van der Waals surface area contributed by atoms with Gasteiger partial charge in [-0.25, -0.2) is 4.39 Å². The van der Waals surface area contributed by atoms with E-state index < -0.39 is 0 Å². The molecule has 104 valence electrons. The van der Waals surface area contributed by atoms with Crippen molar-refractivity contribution in [2.45, 2.75) is 13.3 Å². The van der Waals surface area contributed by atoms with Gasteiger partial charge < -0.3 is 10.0 Å². The molecule has 2 aromatic rings. The molecule has 0 aliphatic rings. The van der Waals surface area contributed by atoms with Gasteiger partial charge in [-0.2, -0.15) is 0 Å². The molecule has 0 aromatic heterocycles. The maximum absolute atomic E-state index is 13.2. The summed E-state index contributed by atoms with van der Waals surface area (Å²) in [7, 11) is 0. The number of amides is 1. The molecule has 4 heteroatoms. The van der Waals surface area contributed by atoms with Crippen LogP contribution in [0, 0.1) is 5.82 Å². The van der Waals surface area contributed by atoms with E-state index in [1.165, 1.54) is 17.0 Å². The molecule has 3 nitrogen and oxygen atoms in total. The van der Waals surface area contributed by atoms with E-state index in [2.05, 4.69) is 0 Å². The lowest BCUT2D eigenvalue weighted by Gasteiger charge is -2.21.